The van der Waals surface area contributed by atoms with Crippen molar-refractivity contribution in [3.63, 3.8) is 0 Å². The second-order valence-corrected chi connectivity index (χ2v) is 4.62. The number of nitrogens with zero attached hydrogens (tertiary/aromatic N) is 2. The van der Waals surface area contributed by atoms with E-state index in [9.17, 15) is 4.39 Å². The Labute approximate surface area is 119 Å². The molecule has 6 heteroatoms. The lowest BCUT2D eigenvalue weighted by molar-refractivity contribution is 0.386. The molecule has 1 heterocycles. The molecule has 1 aromatic heterocycles. The van der Waals surface area contributed by atoms with Gasteiger partial charge in [-0.2, -0.15) is 0 Å². The summed E-state index contributed by atoms with van der Waals surface area (Å²) in [5.41, 5.74) is 0.602. The monoisotopic (exact) mass is 325 g/mol. The lowest BCUT2D eigenvalue weighted by atomic mass is 10.2. The zero-order chi connectivity index (χ0) is 13.8. The zero-order valence-corrected chi connectivity index (χ0v) is 12.2. The van der Waals surface area contributed by atoms with E-state index in [4.69, 9.17) is 4.74 Å². The van der Waals surface area contributed by atoms with Crippen LogP contribution in [0.5, 0.6) is 5.75 Å². The molecule has 1 aromatic carbocycles. The largest absolute Gasteiger partial charge is 0.494 e. The summed E-state index contributed by atoms with van der Waals surface area (Å²) in [7, 11) is 1.43. The minimum atomic E-state index is -0.434. The molecule has 0 bridgehead atoms. The van der Waals surface area contributed by atoms with E-state index in [1.807, 2.05) is 6.92 Å². The molecule has 2 rings (SSSR count). The Hall–Kier alpha value is -1.69. The Morgan fingerprint density at radius 3 is 2.84 bits per heavy atom. The van der Waals surface area contributed by atoms with Crippen LogP contribution in [0.3, 0.4) is 0 Å². The number of anilines is 1. The third-order valence-electron chi connectivity index (χ3n) is 2.50. The van der Waals surface area contributed by atoms with E-state index in [-0.39, 0.29) is 5.75 Å². The molecule has 2 aromatic rings. The Morgan fingerprint density at radius 2 is 2.21 bits per heavy atom. The van der Waals surface area contributed by atoms with Crippen LogP contribution in [0, 0.1) is 5.82 Å². The standard InChI is InChI=1S/C13H13BrFN3O/c1-3-16-13-9(14)7-17-12(18-13)8-4-5-11(19-2)10(15)6-8/h4-7H,3H2,1-2H3,(H,16,17,18). The van der Waals surface area contributed by atoms with Gasteiger partial charge < -0.3 is 10.1 Å². The van der Waals surface area contributed by atoms with Crippen molar-refractivity contribution in [1.82, 2.24) is 9.97 Å². The third kappa shape index (κ3) is 3.01. The van der Waals surface area contributed by atoms with Crippen molar-refractivity contribution in [1.29, 1.82) is 0 Å². The van der Waals surface area contributed by atoms with Gasteiger partial charge in [0.2, 0.25) is 0 Å². The first-order valence-corrected chi connectivity index (χ1v) is 6.55. The Morgan fingerprint density at radius 1 is 1.42 bits per heavy atom. The van der Waals surface area contributed by atoms with Gasteiger partial charge in [-0.15, -0.1) is 0 Å². The van der Waals surface area contributed by atoms with Crippen molar-refractivity contribution in [2.75, 3.05) is 19.0 Å². The molecule has 0 saturated carbocycles. The summed E-state index contributed by atoms with van der Waals surface area (Å²) in [5, 5.41) is 3.11. The molecule has 0 atom stereocenters. The highest BCUT2D eigenvalue weighted by molar-refractivity contribution is 9.10. The molecule has 0 saturated heterocycles. The van der Waals surface area contributed by atoms with Crippen LogP contribution >= 0.6 is 15.9 Å². The van der Waals surface area contributed by atoms with Crippen molar-refractivity contribution >= 4 is 21.7 Å². The van der Waals surface area contributed by atoms with E-state index < -0.39 is 5.82 Å². The number of benzene rings is 1. The summed E-state index contributed by atoms with van der Waals surface area (Å²) in [6, 6.07) is 4.64. The molecular formula is C13H13BrFN3O. The Balaban J connectivity index is 2.41. The first-order valence-electron chi connectivity index (χ1n) is 5.76. The van der Waals surface area contributed by atoms with Crippen LogP contribution in [-0.2, 0) is 0 Å². The van der Waals surface area contributed by atoms with Crippen LogP contribution in [0.4, 0.5) is 10.2 Å². The van der Waals surface area contributed by atoms with Crippen LogP contribution in [0.2, 0.25) is 0 Å². The molecule has 0 spiro atoms. The molecule has 0 unspecified atom stereocenters. The van der Waals surface area contributed by atoms with Crippen molar-refractivity contribution in [2.24, 2.45) is 0 Å². The number of ether oxygens (including phenoxy) is 1. The van der Waals surface area contributed by atoms with Gasteiger partial charge in [0.15, 0.2) is 17.4 Å². The first kappa shape index (κ1) is 13.7. The quantitative estimate of drug-likeness (QED) is 0.934. The fourth-order valence-electron chi connectivity index (χ4n) is 1.60. The van der Waals surface area contributed by atoms with Crippen LogP contribution in [0.1, 0.15) is 6.92 Å². The smallest absolute Gasteiger partial charge is 0.165 e. The van der Waals surface area contributed by atoms with Crippen molar-refractivity contribution in [3.05, 3.63) is 34.7 Å². The number of nitrogens with one attached hydrogen (secondary N) is 1. The molecule has 0 aliphatic carbocycles. The van der Waals surface area contributed by atoms with Crippen molar-refractivity contribution < 1.29 is 9.13 Å². The summed E-state index contributed by atoms with van der Waals surface area (Å²) in [6.07, 6.45) is 1.64. The van der Waals surface area contributed by atoms with Gasteiger partial charge in [0, 0.05) is 18.3 Å². The van der Waals surface area contributed by atoms with Crippen LogP contribution < -0.4 is 10.1 Å². The topological polar surface area (TPSA) is 47.0 Å². The van der Waals surface area contributed by atoms with E-state index >= 15 is 0 Å². The Kier molecular flexibility index (Phi) is 4.31. The fraction of sp³-hybridized carbons (Fsp3) is 0.231. The average molecular weight is 326 g/mol. The van der Waals surface area contributed by atoms with Gasteiger partial charge in [0.25, 0.3) is 0 Å². The van der Waals surface area contributed by atoms with E-state index in [2.05, 4.69) is 31.2 Å². The molecule has 0 aliphatic rings. The van der Waals surface area contributed by atoms with Crippen molar-refractivity contribution in [3.8, 4) is 17.1 Å². The predicted octanol–water partition coefficient (Wildman–Crippen LogP) is 3.49. The van der Waals surface area contributed by atoms with Gasteiger partial charge in [-0.25, -0.2) is 14.4 Å². The van der Waals surface area contributed by atoms with E-state index in [1.54, 1.807) is 18.3 Å². The summed E-state index contributed by atoms with van der Waals surface area (Å²) < 4.78 is 19.3. The Bertz CT molecular complexity index is 592. The number of halogens is 2. The van der Waals surface area contributed by atoms with Gasteiger partial charge in [-0.05, 0) is 41.1 Å². The van der Waals surface area contributed by atoms with Gasteiger partial charge in [-0.1, -0.05) is 0 Å². The molecule has 0 fully saturated rings. The lowest BCUT2D eigenvalue weighted by Crippen LogP contribution is -2.02. The number of rotatable bonds is 4. The normalized spacial score (nSPS) is 10.3. The summed E-state index contributed by atoms with van der Waals surface area (Å²) >= 11 is 3.36. The first-order chi connectivity index (χ1) is 9.15. The minimum absolute atomic E-state index is 0.202. The van der Waals surface area contributed by atoms with Crippen LogP contribution in [0.25, 0.3) is 11.4 Å². The van der Waals surface area contributed by atoms with Gasteiger partial charge in [-0.3, -0.25) is 0 Å². The van der Waals surface area contributed by atoms with Gasteiger partial charge in [0.1, 0.15) is 5.82 Å². The highest BCUT2D eigenvalue weighted by atomic mass is 79.9. The average Bonchev–Trinajstić information content (AvgIpc) is 2.41. The van der Waals surface area contributed by atoms with Crippen LogP contribution in [-0.4, -0.2) is 23.6 Å². The summed E-state index contributed by atoms with van der Waals surface area (Å²) in [5.74, 6) is 0.911. The summed E-state index contributed by atoms with van der Waals surface area (Å²) in [6.45, 7) is 2.72. The van der Waals surface area contributed by atoms with Gasteiger partial charge in [0.05, 0.1) is 11.6 Å². The fourth-order valence-corrected chi connectivity index (χ4v) is 1.93. The van der Waals surface area contributed by atoms with E-state index in [1.165, 1.54) is 13.2 Å². The molecular weight excluding hydrogens is 313 g/mol. The molecule has 100 valence electrons. The molecule has 0 radical (unpaired) electrons. The van der Waals surface area contributed by atoms with Crippen molar-refractivity contribution in [2.45, 2.75) is 6.92 Å². The molecule has 0 amide bonds. The number of hydrogen-bond donors (Lipinski definition) is 1. The maximum atomic E-state index is 13.7. The maximum Gasteiger partial charge on any atom is 0.165 e. The highest BCUT2D eigenvalue weighted by Gasteiger charge is 2.09. The number of aromatic nitrogens is 2. The SMILES string of the molecule is CCNc1nc(-c2ccc(OC)c(F)c2)ncc1Br. The van der Waals surface area contributed by atoms with E-state index in [0.717, 1.165) is 11.0 Å². The number of hydrogen-bond acceptors (Lipinski definition) is 4. The lowest BCUT2D eigenvalue weighted by Gasteiger charge is -2.08. The summed E-state index contributed by atoms with van der Waals surface area (Å²) in [4.78, 5) is 8.53. The number of methoxy groups -OCH3 is 1. The second-order valence-electron chi connectivity index (χ2n) is 3.77. The predicted molar refractivity (Wildman–Crippen MR) is 75.8 cm³/mol. The second kappa shape index (κ2) is 5.97. The highest BCUT2D eigenvalue weighted by Crippen LogP contribution is 2.26. The molecule has 4 nitrogen and oxygen atoms in total. The van der Waals surface area contributed by atoms with Gasteiger partial charge >= 0.3 is 0 Å². The molecule has 0 aliphatic heterocycles. The minimum Gasteiger partial charge on any atom is -0.494 e. The van der Waals surface area contributed by atoms with Crippen LogP contribution in [0.15, 0.2) is 28.9 Å². The molecule has 1 N–H and O–H groups in total. The zero-order valence-electron chi connectivity index (χ0n) is 10.6. The molecule has 19 heavy (non-hydrogen) atoms. The van der Waals surface area contributed by atoms with E-state index in [0.29, 0.717) is 17.2 Å². The third-order valence-corrected chi connectivity index (χ3v) is 3.08. The maximum absolute atomic E-state index is 13.7.